The van der Waals surface area contributed by atoms with Crippen LogP contribution in [0.2, 0.25) is 0 Å². The molecule has 0 saturated heterocycles. The van der Waals surface area contributed by atoms with Crippen LogP contribution in [0.25, 0.3) is 0 Å². The molecule has 1 unspecified atom stereocenters. The Morgan fingerprint density at radius 2 is 1.86 bits per heavy atom. The molecule has 0 spiro atoms. The maximum atomic E-state index is 10.3. The van der Waals surface area contributed by atoms with Gasteiger partial charge >= 0.3 is 5.97 Å². The molecular weight excluding hydrogens is 204 g/mol. The average Bonchev–Trinajstić information content (AvgIpc) is 2.10. The van der Waals surface area contributed by atoms with Crippen LogP contribution < -0.4 is 0 Å². The highest BCUT2D eigenvalue weighted by atomic mass is 35.5. The summed E-state index contributed by atoms with van der Waals surface area (Å²) in [6.07, 6.45) is 5.16. The van der Waals surface area contributed by atoms with E-state index in [9.17, 15) is 4.79 Å². The Hall–Kier alpha value is -0.280. The van der Waals surface area contributed by atoms with Crippen molar-refractivity contribution in [3.63, 3.8) is 0 Å². The van der Waals surface area contributed by atoms with E-state index in [2.05, 4.69) is 6.92 Å². The molecule has 0 aliphatic heterocycles. The van der Waals surface area contributed by atoms with Crippen molar-refractivity contribution in [2.75, 3.05) is 6.61 Å². The van der Waals surface area contributed by atoms with Crippen molar-refractivity contribution in [2.24, 2.45) is 0 Å². The normalized spacial score (nSPS) is 11.9. The first-order valence-corrected chi connectivity index (χ1v) is 5.03. The first-order chi connectivity index (χ1) is 6.18. The second kappa shape index (κ2) is 10.8. The SMILES string of the molecule is CCCCCCCOC(C)C(=O)O.Cl. The van der Waals surface area contributed by atoms with E-state index in [4.69, 9.17) is 9.84 Å². The molecular formula is C10H21ClO3. The molecule has 0 bridgehead atoms. The number of carboxylic acids is 1. The first-order valence-electron chi connectivity index (χ1n) is 5.03. The van der Waals surface area contributed by atoms with Crippen molar-refractivity contribution in [2.45, 2.75) is 52.1 Å². The van der Waals surface area contributed by atoms with E-state index in [0.717, 1.165) is 12.8 Å². The van der Waals surface area contributed by atoms with Gasteiger partial charge in [-0.3, -0.25) is 0 Å². The average molecular weight is 225 g/mol. The van der Waals surface area contributed by atoms with Crippen LogP contribution in [0.5, 0.6) is 0 Å². The third-order valence-corrected chi connectivity index (χ3v) is 1.96. The third-order valence-electron chi connectivity index (χ3n) is 1.96. The molecule has 0 amide bonds. The van der Waals surface area contributed by atoms with Gasteiger partial charge in [-0.15, -0.1) is 12.4 Å². The van der Waals surface area contributed by atoms with Crippen molar-refractivity contribution in [1.29, 1.82) is 0 Å². The third kappa shape index (κ3) is 9.81. The largest absolute Gasteiger partial charge is 0.479 e. The number of aliphatic carboxylic acids is 1. The van der Waals surface area contributed by atoms with E-state index < -0.39 is 12.1 Å². The zero-order chi connectivity index (χ0) is 10.1. The summed E-state index contributed by atoms with van der Waals surface area (Å²) in [4.78, 5) is 10.3. The second-order valence-corrected chi connectivity index (χ2v) is 3.27. The van der Waals surface area contributed by atoms with Crippen molar-refractivity contribution < 1.29 is 14.6 Å². The van der Waals surface area contributed by atoms with E-state index in [1.54, 1.807) is 6.92 Å². The van der Waals surface area contributed by atoms with Crippen LogP contribution in [0.3, 0.4) is 0 Å². The summed E-state index contributed by atoms with van der Waals surface area (Å²) < 4.78 is 5.08. The monoisotopic (exact) mass is 224 g/mol. The number of unbranched alkanes of at least 4 members (excludes halogenated alkanes) is 4. The van der Waals surface area contributed by atoms with Gasteiger partial charge in [0.25, 0.3) is 0 Å². The number of ether oxygens (including phenoxy) is 1. The van der Waals surface area contributed by atoms with Crippen molar-refractivity contribution >= 4 is 18.4 Å². The minimum Gasteiger partial charge on any atom is -0.479 e. The fourth-order valence-electron chi connectivity index (χ4n) is 1.04. The number of hydrogen-bond donors (Lipinski definition) is 1. The standard InChI is InChI=1S/C10H20O3.ClH/c1-3-4-5-6-7-8-13-9(2)10(11)12;/h9H,3-8H2,1-2H3,(H,11,12);1H. The Bertz CT molecular complexity index is 139. The molecule has 0 saturated carbocycles. The lowest BCUT2D eigenvalue weighted by atomic mass is 10.2. The van der Waals surface area contributed by atoms with Crippen LogP contribution in [-0.2, 0) is 9.53 Å². The van der Waals surface area contributed by atoms with Gasteiger partial charge < -0.3 is 9.84 Å². The summed E-state index contributed by atoms with van der Waals surface area (Å²) in [6.45, 7) is 4.30. The molecule has 0 rings (SSSR count). The fraction of sp³-hybridized carbons (Fsp3) is 0.900. The summed E-state index contributed by atoms with van der Waals surface area (Å²) in [5.74, 6) is -0.881. The van der Waals surface area contributed by atoms with E-state index in [1.165, 1.54) is 19.3 Å². The summed E-state index contributed by atoms with van der Waals surface area (Å²) in [5, 5.41) is 8.50. The van der Waals surface area contributed by atoms with Crippen LogP contribution in [0.4, 0.5) is 0 Å². The molecule has 1 atom stereocenters. The van der Waals surface area contributed by atoms with Gasteiger partial charge in [0, 0.05) is 6.61 Å². The van der Waals surface area contributed by atoms with Crippen molar-refractivity contribution in [3.05, 3.63) is 0 Å². The molecule has 14 heavy (non-hydrogen) atoms. The molecule has 0 aromatic carbocycles. The van der Waals surface area contributed by atoms with Gasteiger partial charge in [-0.25, -0.2) is 4.79 Å². The zero-order valence-electron chi connectivity index (χ0n) is 8.99. The minimum absolute atomic E-state index is 0. The lowest BCUT2D eigenvalue weighted by Gasteiger charge is -2.07. The number of halogens is 1. The molecule has 0 aromatic heterocycles. The Labute approximate surface area is 92.2 Å². The van der Waals surface area contributed by atoms with E-state index in [0.29, 0.717) is 6.61 Å². The molecule has 0 fully saturated rings. The Morgan fingerprint density at radius 1 is 1.29 bits per heavy atom. The first kappa shape index (κ1) is 16.2. The van der Waals surface area contributed by atoms with Gasteiger partial charge in [0.2, 0.25) is 0 Å². The van der Waals surface area contributed by atoms with Crippen molar-refractivity contribution in [1.82, 2.24) is 0 Å². The number of rotatable bonds is 8. The van der Waals surface area contributed by atoms with Gasteiger partial charge in [-0.05, 0) is 13.3 Å². The number of carboxylic acid groups (broad SMARTS) is 1. The van der Waals surface area contributed by atoms with Crippen LogP contribution in [0.15, 0.2) is 0 Å². The maximum absolute atomic E-state index is 10.3. The van der Waals surface area contributed by atoms with E-state index >= 15 is 0 Å². The van der Waals surface area contributed by atoms with E-state index in [1.807, 2.05) is 0 Å². The van der Waals surface area contributed by atoms with Crippen LogP contribution >= 0.6 is 12.4 Å². The molecule has 0 aromatic rings. The molecule has 0 aliphatic rings. The number of carbonyl (C=O) groups is 1. The summed E-state index contributed by atoms with van der Waals surface area (Å²) in [7, 11) is 0. The summed E-state index contributed by atoms with van der Waals surface area (Å²) in [6, 6.07) is 0. The Balaban J connectivity index is 0. The van der Waals surface area contributed by atoms with Gasteiger partial charge in [0.1, 0.15) is 0 Å². The van der Waals surface area contributed by atoms with E-state index in [-0.39, 0.29) is 12.4 Å². The van der Waals surface area contributed by atoms with Gasteiger partial charge in [0.05, 0.1) is 0 Å². The second-order valence-electron chi connectivity index (χ2n) is 3.27. The van der Waals surface area contributed by atoms with Crippen LogP contribution in [-0.4, -0.2) is 23.8 Å². The highest BCUT2D eigenvalue weighted by molar-refractivity contribution is 5.85. The van der Waals surface area contributed by atoms with Gasteiger partial charge in [-0.2, -0.15) is 0 Å². The zero-order valence-corrected chi connectivity index (χ0v) is 9.81. The van der Waals surface area contributed by atoms with Crippen LogP contribution in [0, 0.1) is 0 Å². The number of hydrogen-bond acceptors (Lipinski definition) is 2. The topological polar surface area (TPSA) is 46.5 Å². The quantitative estimate of drug-likeness (QED) is 0.645. The molecule has 3 nitrogen and oxygen atoms in total. The smallest absolute Gasteiger partial charge is 0.332 e. The molecule has 4 heteroatoms. The Kier molecular flexibility index (Phi) is 12.5. The fourth-order valence-corrected chi connectivity index (χ4v) is 1.04. The van der Waals surface area contributed by atoms with Gasteiger partial charge in [0.15, 0.2) is 6.10 Å². The molecule has 0 heterocycles. The minimum atomic E-state index is -0.881. The molecule has 0 aliphatic carbocycles. The van der Waals surface area contributed by atoms with Crippen molar-refractivity contribution in [3.8, 4) is 0 Å². The summed E-state index contributed by atoms with van der Waals surface area (Å²) >= 11 is 0. The lowest BCUT2D eigenvalue weighted by molar-refractivity contribution is -0.149. The molecule has 86 valence electrons. The Morgan fingerprint density at radius 3 is 2.36 bits per heavy atom. The predicted molar refractivity (Wildman–Crippen MR) is 59.1 cm³/mol. The molecule has 1 N–H and O–H groups in total. The van der Waals surface area contributed by atoms with Gasteiger partial charge in [-0.1, -0.05) is 32.6 Å². The lowest BCUT2D eigenvalue weighted by Crippen LogP contribution is -2.20. The predicted octanol–water partition coefficient (Wildman–Crippen LogP) is 2.87. The highest BCUT2D eigenvalue weighted by Crippen LogP contribution is 2.03. The maximum Gasteiger partial charge on any atom is 0.332 e. The summed E-state index contributed by atoms with van der Waals surface area (Å²) in [5.41, 5.74) is 0. The molecule has 0 radical (unpaired) electrons. The highest BCUT2D eigenvalue weighted by Gasteiger charge is 2.09. The van der Waals surface area contributed by atoms with Crippen LogP contribution in [0.1, 0.15) is 46.0 Å².